The van der Waals surface area contributed by atoms with Crippen molar-refractivity contribution in [3.63, 3.8) is 0 Å². The fourth-order valence-corrected chi connectivity index (χ4v) is 7.32. The van der Waals surface area contributed by atoms with Gasteiger partial charge < -0.3 is 15.7 Å². The second kappa shape index (κ2) is 13.2. The number of hydrogen-bond acceptors (Lipinski definition) is 5. The summed E-state index contributed by atoms with van der Waals surface area (Å²) in [6, 6.07) is 27.9. The molecule has 2 fully saturated rings. The molecule has 3 N–H and O–H groups in total. The molecule has 1 saturated carbocycles. The first-order chi connectivity index (χ1) is 22.7. The lowest BCUT2D eigenvalue weighted by Crippen LogP contribution is -2.53. The quantitative estimate of drug-likeness (QED) is 0.237. The zero-order chi connectivity index (χ0) is 33.0. The molecule has 1 aliphatic heterocycles. The van der Waals surface area contributed by atoms with Crippen LogP contribution in [0.4, 0.5) is 0 Å². The highest BCUT2D eigenvalue weighted by Gasteiger charge is 2.54. The second-order valence-corrected chi connectivity index (χ2v) is 12.5. The largest absolute Gasteiger partial charge is 0.480 e. The van der Waals surface area contributed by atoms with Gasteiger partial charge >= 0.3 is 5.97 Å². The summed E-state index contributed by atoms with van der Waals surface area (Å²) in [6.45, 7) is 1.45. The molecule has 240 valence electrons. The summed E-state index contributed by atoms with van der Waals surface area (Å²) in [5.41, 5.74) is 1.75. The van der Waals surface area contributed by atoms with E-state index in [1.54, 1.807) is 35.5 Å². The van der Waals surface area contributed by atoms with Crippen molar-refractivity contribution in [1.29, 1.82) is 0 Å². The molecule has 1 unspecified atom stereocenters. The third kappa shape index (κ3) is 6.01. The Morgan fingerprint density at radius 3 is 2.06 bits per heavy atom. The normalized spacial score (nSPS) is 20.7. The smallest absolute Gasteiger partial charge is 0.326 e. The SMILES string of the molecule is CC(=O)N1[C@H](Cc2cccnc2)C(=O)NC1(c1ccccc1)c1ccc(C[C@H](NC(=O)C2(c3ccccc3)CCCC2)C(=O)O)cc1. The molecule has 9 heteroatoms. The minimum absolute atomic E-state index is 0.0664. The fraction of sp³-hybridized carbons (Fsp3) is 0.289. The third-order valence-electron chi connectivity index (χ3n) is 9.60. The molecule has 3 atom stereocenters. The first kappa shape index (κ1) is 31.7. The van der Waals surface area contributed by atoms with Crippen molar-refractivity contribution in [1.82, 2.24) is 20.5 Å². The fourth-order valence-electron chi connectivity index (χ4n) is 7.32. The molecule has 1 saturated heterocycles. The van der Waals surface area contributed by atoms with E-state index in [-0.39, 0.29) is 30.6 Å². The third-order valence-corrected chi connectivity index (χ3v) is 9.60. The van der Waals surface area contributed by atoms with E-state index in [0.717, 1.165) is 24.0 Å². The topological polar surface area (TPSA) is 129 Å². The van der Waals surface area contributed by atoms with Crippen molar-refractivity contribution in [3.05, 3.63) is 137 Å². The average molecular weight is 631 g/mol. The number of nitrogens with zero attached hydrogens (tertiary/aromatic N) is 2. The lowest BCUT2D eigenvalue weighted by Gasteiger charge is -2.40. The number of carbonyl (C=O) groups is 4. The summed E-state index contributed by atoms with van der Waals surface area (Å²) in [5.74, 6) is -1.95. The van der Waals surface area contributed by atoms with Gasteiger partial charge in [-0.3, -0.25) is 24.3 Å². The monoisotopic (exact) mass is 630 g/mol. The number of nitrogens with one attached hydrogen (secondary N) is 2. The van der Waals surface area contributed by atoms with Crippen LogP contribution in [-0.2, 0) is 43.1 Å². The van der Waals surface area contributed by atoms with E-state index in [2.05, 4.69) is 15.6 Å². The zero-order valence-corrected chi connectivity index (χ0v) is 26.3. The van der Waals surface area contributed by atoms with Crippen molar-refractivity contribution >= 4 is 23.7 Å². The summed E-state index contributed by atoms with van der Waals surface area (Å²) in [5, 5.41) is 16.2. The summed E-state index contributed by atoms with van der Waals surface area (Å²) >= 11 is 0. The number of carbonyl (C=O) groups excluding carboxylic acids is 3. The van der Waals surface area contributed by atoms with Gasteiger partial charge in [0.2, 0.25) is 17.7 Å². The standard InChI is InChI=1S/C38H38N4O5/c1-26(43)42-33(24-28-11-10-22-39-25-28)34(44)41-38(42,30-14-6-3-7-15-30)31-18-16-27(17-19-31)23-32(35(45)46)40-36(47)37(20-8-9-21-37)29-12-4-2-5-13-29/h2-7,10-19,22,25,32-33H,8-9,20-21,23-24H2,1H3,(H,40,47)(H,41,44)(H,45,46)/t32-,33+,38?/m0/s1. The number of carboxylic acid groups (broad SMARTS) is 1. The Morgan fingerprint density at radius 1 is 0.872 bits per heavy atom. The summed E-state index contributed by atoms with van der Waals surface area (Å²) in [4.78, 5) is 59.0. The molecular formula is C38H38N4O5. The predicted octanol–water partition coefficient (Wildman–Crippen LogP) is 4.50. The molecule has 0 radical (unpaired) electrons. The summed E-state index contributed by atoms with van der Waals surface area (Å²) < 4.78 is 0. The molecule has 3 aromatic carbocycles. The minimum Gasteiger partial charge on any atom is -0.480 e. The number of rotatable bonds is 10. The van der Waals surface area contributed by atoms with Crippen LogP contribution in [0.5, 0.6) is 0 Å². The molecule has 3 amide bonds. The second-order valence-electron chi connectivity index (χ2n) is 12.5. The van der Waals surface area contributed by atoms with Crippen LogP contribution in [0.3, 0.4) is 0 Å². The van der Waals surface area contributed by atoms with Gasteiger partial charge in [0.05, 0.1) is 5.41 Å². The number of hydrogen-bond donors (Lipinski definition) is 3. The zero-order valence-electron chi connectivity index (χ0n) is 26.3. The van der Waals surface area contributed by atoms with Crippen LogP contribution in [0.2, 0.25) is 0 Å². The molecule has 6 rings (SSSR count). The molecule has 0 bridgehead atoms. The lowest BCUT2D eigenvalue weighted by molar-refractivity contribution is -0.142. The van der Waals surface area contributed by atoms with Gasteiger partial charge in [0.25, 0.3) is 0 Å². The van der Waals surface area contributed by atoms with E-state index in [1.807, 2.05) is 78.9 Å². The van der Waals surface area contributed by atoms with E-state index in [1.165, 1.54) is 6.92 Å². The molecule has 2 heterocycles. The highest BCUT2D eigenvalue weighted by Crippen LogP contribution is 2.42. The minimum atomic E-state index is -1.29. The van der Waals surface area contributed by atoms with Crippen molar-refractivity contribution < 1.29 is 24.3 Å². The predicted molar refractivity (Wildman–Crippen MR) is 176 cm³/mol. The maximum atomic E-state index is 13.7. The van der Waals surface area contributed by atoms with Gasteiger partial charge in [-0.05, 0) is 35.6 Å². The highest BCUT2D eigenvalue weighted by atomic mass is 16.4. The Kier molecular flexibility index (Phi) is 8.89. The van der Waals surface area contributed by atoms with Crippen molar-refractivity contribution in [2.24, 2.45) is 0 Å². The van der Waals surface area contributed by atoms with E-state index in [9.17, 15) is 24.3 Å². The first-order valence-corrected chi connectivity index (χ1v) is 16.0. The number of pyridine rings is 1. The van der Waals surface area contributed by atoms with Crippen LogP contribution in [0.15, 0.2) is 109 Å². The molecule has 9 nitrogen and oxygen atoms in total. The van der Waals surface area contributed by atoms with Gasteiger partial charge in [-0.25, -0.2) is 4.79 Å². The van der Waals surface area contributed by atoms with E-state index in [4.69, 9.17) is 0 Å². The van der Waals surface area contributed by atoms with Crippen LogP contribution < -0.4 is 10.6 Å². The molecule has 47 heavy (non-hydrogen) atoms. The maximum absolute atomic E-state index is 13.7. The van der Waals surface area contributed by atoms with Gasteiger partial charge in [0.15, 0.2) is 5.66 Å². The van der Waals surface area contributed by atoms with Crippen molar-refractivity contribution in [3.8, 4) is 0 Å². The van der Waals surface area contributed by atoms with Crippen molar-refractivity contribution in [2.75, 3.05) is 0 Å². The van der Waals surface area contributed by atoms with Gasteiger partial charge in [-0.1, -0.05) is 104 Å². The average Bonchev–Trinajstić information content (AvgIpc) is 3.71. The van der Waals surface area contributed by atoms with Gasteiger partial charge in [0, 0.05) is 43.3 Å². The van der Waals surface area contributed by atoms with Gasteiger partial charge in [0.1, 0.15) is 12.1 Å². The number of aliphatic carboxylic acids is 1. The number of benzene rings is 3. The highest BCUT2D eigenvalue weighted by molar-refractivity contribution is 5.93. The van der Waals surface area contributed by atoms with Crippen LogP contribution in [0.1, 0.15) is 60.4 Å². The summed E-state index contributed by atoms with van der Waals surface area (Å²) in [7, 11) is 0. The maximum Gasteiger partial charge on any atom is 0.326 e. The molecular weight excluding hydrogens is 592 g/mol. The lowest BCUT2D eigenvalue weighted by atomic mass is 9.77. The Balaban J connectivity index is 1.30. The van der Waals surface area contributed by atoms with E-state index >= 15 is 0 Å². The van der Waals surface area contributed by atoms with E-state index in [0.29, 0.717) is 29.5 Å². The van der Waals surface area contributed by atoms with Crippen LogP contribution in [0.25, 0.3) is 0 Å². The van der Waals surface area contributed by atoms with Crippen LogP contribution >= 0.6 is 0 Å². The van der Waals surface area contributed by atoms with Crippen LogP contribution in [0, 0.1) is 0 Å². The van der Waals surface area contributed by atoms with Crippen molar-refractivity contribution in [2.45, 2.75) is 68.6 Å². The summed E-state index contributed by atoms with van der Waals surface area (Å²) in [6.07, 6.45) is 6.86. The molecule has 4 aromatic rings. The Bertz CT molecular complexity index is 1740. The Labute approximate surface area is 274 Å². The molecule has 1 aliphatic carbocycles. The molecule has 1 aromatic heterocycles. The first-order valence-electron chi connectivity index (χ1n) is 16.0. The molecule has 2 aliphatic rings. The number of carboxylic acids is 1. The number of aromatic nitrogens is 1. The van der Waals surface area contributed by atoms with Gasteiger partial charge in [-0.15, -0.1) is 0 Å². The Hall–Kier alpha value is -5.31. The number of amides is 3. The van der Waals surface area contributed by atoms with E-state index < -0.39 is 29.1 Å². The molecule has 0 spiro atoms. The van der Waals surface area contributed by atoms with Crippen LogP contribution in [-0.4, -0.2) is 50.8 Å². The Morgan fingerprint density at radius 2 is 1.49 bits per heavy atom. The van der Waals surface area contributed by atoms with Gasteiger partial charge in [-0.2, -0.15) is 0 Å².